The molecule has 3 heteroatoms. The van der Waals surface area contributed by atoms with Crippen LogP contribution in [-0.2, 0) is 11.3 Å². The van der Waals surface area contributed by atoms with Gasteiger partial charge in [-0.1, -0.05) is 49.6 Å². The summed E-state index contributed by atoms with van der Waals surface area (Å²) in [6, 6.07) is 9.65. The number of rotatable bonds is 6. The third-order valence-electron chi connectivity index (χ3n) is 5.71. The van der Waals surface area contributed by atoms with E-state index in [-0.39, 0.29) is 0 Å². The number of carboxylic acid groups (broad SMARTS) is 1. The van der Waals surface area contributed by atoms with E-state index in [0.29, 0.717) is 12.5 Å². The number of hydrogen-bond acceptors (Lipinski definition) is 2. The molecule has 22 heavy (non-hydrogen) atoms. The van der Waals surface area contributed by atoms with Crippen LogP contribution in [0.2, 0.25) is 0 Å². The monoisotopic (exact) mass is 301 g/mol. The summed E-state index contributed by atoms with van der Waals surface area (Å²) >= 11 is 0. The van der Waals surface area contributed by atoms with Gasteiger partial charge in [0.15, 0.2) is 0 Å². The molecule has 4 unspecified atom stereocenters. The Morgan fingerprint density at radius 3 is 2.68 bits per heavy atom. The number of aliphatic carboxylic acids is 1. The lowest BCUT2D eigenvalue weighted by Gasteiger charge is -2.30. The van der Waals surface area contributed by atoms with Crippen molar-refractivity contribution in [3.05, 3.63) is 35.9 Å². The molecule has 0 radical (unpaired) electrons. The number of hydrogen-bond donors (Lipinski definition) is 2. The molecule has 0 saturated heterocycles. The van der Waals surface area contributed by atoms with E-state index < -0.39 is 12.0 Å². The average molecular weight is 301 g/mol. The van der Waals surface area contributed by atoms with Gasteiger partial charge in [0.2, 0.25) is 0 Å². The van der Waals surface area contributed by atoms with Gasteiger partial charge in [0, 0.05) is 6.54 Å². The van der Waals surface area contributed by atoms with Gasteiger partial charge in [-0.25, -0.2) is 0 Å². The first-order valence-electron chi connectivity index (χ1n) is 8.74. The van der Waals surface area contributed by atoms with Gasteiger partial charge in [-0.05, 0) is 49.0 Å². The fraction of sp³-hybridized carbons (Fsp3) is 0.632. The summed E-state index contributed by atoms with van der Waals surface area (Å²) in [5.74, 6) is 1.57. The van der Waals surface area contributed by atoms with E-state index in [9.17, 15) is 9.90 Å². The Balaban J connectivity index is 1.56. The maximum atomic E-state index is 11.6. The van der Waals surface area contributed by atoms with Crippen molar-refractivity contribution >= 4 is 5.97 Å². The van der Waals surface area contributed by atoms with E-state index in [0.717, 1.165) is 23.8 Å². The second-order valence-corrected chi connectivity index (χ2v) is 7.04. The van der Waals surface area contributed by atoms with Crippen molar-refractivity contribution in [1.29, 1.82) is 0 Å². The maximum absolute atomic E-state index is 11.6. The largest absolute Gasteiger partial charge is 0.480 e. The van der Waals surface area contributed by atoms with Gasteiger partial charge in [0.05, 0.1) is 0 Å². The van der Waals surface area contributed by atoms with E-state index >= 15 is 0 Å². The van der Waals surface area contributed by atoms with Gasteiger partial charge in [0.1, 0.15) is 6.04 Å². The molecule has 2 fully saturated rings. The first-order valence-corrected chi connectivity index (χ1v) is 8.74. The molecule has 0 spiro atoms. The Bertz CT molecular complexity index is 487. The number of benzene rings is 1. The molecule has 1 aromatic rings. The Hall–Kier alpha value is -1.35. The normalized spacial score (nSPS) is 29.0. The molecule has 2 N–H and O–H groups in total. The highest BCUT2D eigenvalue weighted by atomic mass is 16.4. The number of carboxylic acids is 1. The molecule has 0 aromatic heterocycles. The third-order valence-corrected chi connectivity index (χ3v) is 5.71. The molecule has 2 aliphatic rings. The molecule has 0 heterocycles. The second-order valence-electron chi connectivity index (χ2n) is 7.04. The van der Waals surface area contributed by atoms with Crippen molar-refractivity contribution in [1.82, 2.24) is 5.32 Å². The van der Waals surface area contributed by atoms with Gasteiger partial charge in [-0.15, -0.1) is 0 Å². The van der Waals surface area contributed by atoms with E-state index in [2.05, 4.69) is 5.32 Å². The second kappa shape index (κ2) is 7.28. The Kier molecular flexibility index (Phi) is 5.14. The molecule has 3 nitrogen and oxygen atoms in total. The van der Waals surface area contributed by atoms with Crippen LogP contribution in [-0.4, -0.2) is 17.1 Å². The van der Waals surface area contributed by atoms with Gasteiger partial charge >= 0.3 is 5.97 Å². The van der Waals surface area contributed by atoms with E-state index in [4.69, 9.17) is 0 Å². The van der Waals surface area contributed by atoms with Crippen molar-refractivity contribution in [2.45, 2.75) is 57.5 Å². The minimum atomic E-state index is -0.699. The van der Waals surface area contributed by atoms with Crippen molar-refractivity contribution in [2.24, 2.45) is 17.8 Å². The summed E-state index contributed by atoms with van der Waals surface area (Å²) in [6.45, 7) is 0.638. The predicted octanol–water partition coefficient (Wildman–Crippen LogP) is 3.84. The van der Waals surface area contributed by atoms with E-state index in [1.165, 1.54) is 38.5 Å². The minimum Gasteiger partial charge on any atom is -0.480 e. The Morgan fingerprint density at radius 2 is 1.91 bits per heavy atom. The van der Waals surface area contributed by atoms with Gasteiger partial charge in [-0.3, -0.25) is 4.79 Å². The number of nitrogens with one attached hydrogen (secondary N) is 1. The molecule has 120 valence electrons. The van der Waals surface area contributed by atoms with Crippen molar-refractivity contribution in [2.75, 3.05) is 0 Å². The topological polar surface area (TPSA) is 49.3 Å². The quantitative estimate of drug-likeness (QED) is 0.839. The van der Waals surface area contributed by atoms with Gasteiger partial charge in [0.25, 0.3) is 0 Å². The van der Waals surface area contributed by atoms with Crippen LogP contribution in [0.1, 0.15) is 50.5 Å². The number of carbonyl (C=O) groups is 1. The summed E-state index contributed by atoms with van der Waals surface area (Å²) < 4.78 is 0. The third kappa shape index (κ3) is 3.70. The van der Waals surface area contributed by atoms with Crippen LogP contribution in [0.4, 0.5) is 0 Å². The van der Waals surface area contributed by atoms with Crippen LogP contribution in [0, 0.1) is 17.8 Å². The lowest BCUT2D eigenvalue weighted by atomic mass is 9.76. The van der Waals surface area contributed by atoms with Crippen LogP contribution in [0.15, 0.2) is 30.3 Å². The predicted molar refractivity (Wildman–Crippen MR) is 87.5 cm³/mol. The summed E-state index contributed by atoms with van der Waals surface area (Å²) in [7, 11) is 0. The minimum absolute atomic E-state index is 0.411. The first kappa shape index (κ1) is 15.5. The molecule has 0 aliphatic heterocycles. The van der Waals surface area contributed by atoms with Gasteiger partial charge < -0.3 is 10.4 Å². The standard InChI is InChI=1S/C19H27NO2/c21-19(22)18(20-13-14-6-2-1-3-7-14)12-16-11-10-15-8-4-5-9-17(15)16/h1-3,6-7,15-18,20H,4-5,8-13H2,(H,21,22). The maximum Gasteiger partial charge on any atom is 0.320 e. The van der Waals surface area contributed by atoms with Crippen LogP contribution in [0.5, 0.6) is 0 Å². The Labute approximate surface area is 133 Å². The highest BCUT2D eigenvalue weighted by Crippen LogP contribution is 2.47. The van der Waals surface area contributed by atoms with Crippen molar-refractivity contribution in [3.8, 4) is 0 Å². The van der Waals surface area contributed by atoms with Crippen LogP contribution in [0.25, 0.3) is 0 Å². The SMILES string of the molecule is O=C(O)C(CC1CCC2CCCCC21)NCc1ccccc1. The van der Waals surface area contributed by atoms with Crippen LogP contribution in [0.3, 0.4) is 0 Å². The summed E-state index contributed by atoms with van der Waals surface area (Å²) in [4.78, 5) is 11.6. The molecule has 3 rings (SSSR count). The fourth-order valence-electron chi connectivity index (χ4n) is 4.56. The zero-order valence-corrected chi connectivity index (χ0v) is 13.2. The molecule has 4 atom stereocenters. The highest BCUT2D eigenvalue weighted by molar-refractivity contribution is 5.73. The molecular weight excluding hydrogens is 274 g/mol. The smallest absolute Gasteiger partial charge is 0.320 e. The van der Waals surface area contributed by atoms with Crippen molar-refractivity contribution in [3.63, 3.8) is 0 Å². The molecule has 1 aromatic carbocycles. The van der Waals surface area contributed by atoms with Crippen LogP contribution < -0.4 is 5.32 Å². The molecule has 2 aliphatic carbocycles. The molecular formula is C19H27NO2. The molecule has 2 saturated carbocycles. The van der Waals surface area contributed by atoms with E-state index in [1.54, 1.807) is 0 Å². The first-order chi connectivity index (χ1) is 10.7. The van der Waals surface area contributed by atoms with Gasteiger partial charge in [-0.2, -0.15) is 0 Å². The zero-order chi connectivity index (χ0) is 15.4. The Morgan fingerprint density at radius 1 is 1.14 bits per heavy atom. The number of fused-ring (bicyclic) bond motifs is 1. The lowest BCUT2D eigenvalue weighted by molar-refractivity contribution is -0.140. The summed E-state index contributed by atoms with van der Waals surface area (Å²) in [6.07, 6.45) is 8.75. The molecule has 0 amide bonds. The fourth-order valence-corrected chi connectivity index (χ4v) is 4.56. The highest BCUT2D eigenvalue weighted by Gasteiger charge is 2.39. The zero-order valence-electron chi connectivity index (χ0n) is 13.2. The van der Waals surface area contributed by atoms with Crippen LogP contribution >= 0.6 is 0 Å². The lowest BCUT2D eigenvalue weighted by Crippen LogP contribution is -2.38. The summed E-state index contributed by atoms with van der Waals surface area (Å²) in [5.41, 5.74) is 1.15. The summed E-state index contributed by atoms with van der Waals surface area (Å²) in [5, 5.41) is 12.8. The average Bonchev–Trinajstić information content (AvgIpc) is 2.95. The van der Waals surface area contributed by atoms with E-state index in [1.807, 2.05) is 30.3 Å². The molecule has 0 bridgehead atoms. The van der Waals surface area contributed by atoms with Crippen molar-refractivity contribution < 1.29 is 9.90 Å².